The number of rotatable bonds is 7. The number of hydrogen-bond donors (Lipinski definition) is 2. The van der Waals surface area contributed by atoms with Crippen molar-refractivity contribution in [1.82, 2.24) is 19.5 Å². The number of fused-ring (bicyclic) bond motifs is 2. The van der Waals surface area contributed by atoms with Crippen molar-refractivity contribution in [1.29, 1.82) is 0 Å². The molecule has 5 aromatic rings. The van der Waals surface area contributed by atoms with Gasteiger partial charge in [-0.2, -0.15) is 4.98 Å². The zero-order chi connectivity index (χ0) is 27.5. The van der Waals surface area contributed by atoms with Crippen molar-refractivity contribution in [3.63, 3.8) is 0 Å². The van der Waals surface area contributed by atoms with Gasteiger partial charge in [-0.05, 0) is 67.6 Å². The van der Waals surface area contributed by atoms with Crippen molar-refractivity contribution in [2.45, 2.75) is 26.8 Å². The normalized spacial score (nSPS) is 12.7. The third-order valence-electron chi connectivity index (χ3n) is 6.42. The summed E-state index contributed by atoms with van der Waals surface area (Å²) in [6, 6.07) is 21.0. The molecule has 0 saturated heterocycles. The van der Waals surface area contributed by atoms with Crippen molar-refractivity contribution in [3.05, 3.63) is 125 Å². The minimum absolute atomic E-state index is 0.111. The van der Waals surface area contributed by atoms with Crippen molar-refractivity contribution in [3.8, 4) is 5.69 Å². The first-order valence-electron chi connectivity index (χ1n) is 12.8. The monoisotopic (exact) mass is 514 g/mol. The Bertz CT molecular complexity index is 1820. The number of nitrogens with one attached hydrogen (secondary N) is 1. The summed E-state index contributed by atoms with van der Waals surface area (Å²) >= 11 is 0. The molecule has 1 atom stereocenters. The van der Waals surface area contributed by atoms with Gasteiger partial charge in [-0.25, -0.2) is 4.98 Å². The summed E-state index contributed by atoms with van der Waals surface area (Å²) < 4.78 is 1.76. The summed E-state index contributed by atoms with van der Waals surface area (Å²) in [5, 5.41) is 4.92. The van der Waals surface area contributed by atoms with Crippen molar-refractivity contribution >= 4 is 39.1 Å². The molecule has 0 saturated carbocycles. The summed E-state index contributed by atoms with van der Waals surface area (Å²) in [6.07, 6.45) is 7.66. The highest BCUT2D eigenvalue weighted by Crippen LogP contribution is 2.30. The lowest BCUT2D eigenvalue weighted by molar-refractivity contribution is 0.774. The van der Waals surface area contributed by atoms with Crippen LogP contribution >= 0.6 is 0 Å². The lowest BCUT2D eigenvalue weighted by Crippen LogP contribution is -2.26. The predicted octanol–water partition coefficient (Wildman–Crippen LogP) is 6.62. The van der Waals surface area contributed by atoms with Gasteiger partial charge in [0.15, 0.2) is 5.82 Å². The molecule has 5 rings (SSSR count). The van der Waals surface area contributed by atoms with E-state index in [-0.39, 0.29) is 17.5 Å². The maximum absolute atomic E-state index is 14.4. The highest BCUT2D eigenvalue weighted by molar-refractivity contribution is 5.96. The molecule has 0 aliphatic carbocycles. The van der Waals surface area contributed by atoms with Gasteiger partial charge in [0.05, 0.1) is 16.9 Å². The van der Waals surface area contributed by atoms with E-state index in [1.54, 1.807) is 16.8 Å². The van der Waals surface area contributed by atoms with E-state index in [9.17, 15) is 4.79 Å². The molecule has 0 amide bonds. The lowest BCUT2D eigenvalue weighted by Gasteiger charge is -2.22. The molecular formula is C32H30N6O. The number of nitrogen functional groups attached to an aromatic ring is 1. The molecule has 0 aliphatic rings. The Morgan fingerprint density at radius 2 is 1.87 bits per heavy atom. The van der Waals surface area contributed by atoms with E-state index >= 15 is 0 Å². The van der Waals surface area contributed by atoms with Crippen LogP contribution in [0.3, 0.4) is 0 Å². The van der Waals surface area contributed by atoms with Gasteiger partial charge in [-0.1, -0.05) is 66.8 Å². The number of hydrogen-bond acceptors (Lipinski definition) is 6. The van der Waals surface area contributed by atoms with Crippen LogP contribution in [0.25, 0.3) is 33.1 Å². The number of benzene rings is 2. The first-order valence-corrected chi connectivity index (χ1v) is 12.8. The van der Waals surface area contributed by atoms with Gasteiger partial charge in [0, 0.05) is 17.6 Å². The molecule has 3 heterocycles. The van der Waals surface area contributed by atoms with Crippen LogP contribution in [-0.2, 0) is 0 Å². The standard InChI is InChI=1S/C32H30N6O/c1-5-11-22(18-20(2)3)25-15-9-12-23-19-27(38(31(39)28(23)25)24-13-7-6-8-14-24)21(4)35-30-29-26(16-10-17-34-29)36-32(33)37-30/h5-19,21H,2H2,1,3-4H3,(H3,33,35,36,37)/b11-5-,22-18+/t21-/m0/s1. The molecule has 0 bridgehead atoms. The number of pyridine rings is 2. The van der Waals surface area contributed by atoms with Crippen molar-refractivity contribution < 1.29 is 0 Å². The summed E-state index contributed by atoms with van der Waals surface area (Å²) in [6.45, 7) is 9.95. The number of nitrogens with zero attached hydrogens (tertiary/aromatic N) is 4. The van der Waals surface area contributed by atoms with Crippen LogP contribution in [0.15, 0.2) is 108 Å². The second-order valence-electron chi connectivity index (χ2n) is 9.43. The fourth-order valence-electron chi connectivity index (χ4n) is 4.81. The third-order valence-corrected chi connectivity index (χ3v) is 6.42. The van der Waals surface area contributed by atoms with Crippen LogP contribution in [0.2, 0.25) is 0 Å². The summed E-state index contributed by atoms with van der Waals surface area (Å²) in [5.74, 6) is 0.654. The molecule has 0 radical (unpaired) electrons. The summed E-state index contributed by atoms with van der Waals surface area (Å²) in [5.41, 5.74) is 11.4. The lowest BCUT2D eigenvalue weighted by atomic mass is 9.96. The van der Waals surface area contributed by atoms with Crippen molar-refractivity contribution in [2.24, 2.45) is 0 Å². The highest BCUT2D eigenvalue weighted by atomic mass is 16.1. The molecule has 0 fully saturated rings. The van der Waals surface area contributed by atoms with E-state index in [2.05, 4.69) is 32.9 Å². The molecule has 194 valence electrons. The highest BCUT2D eigenvalue weighted by Gasteiger charge is 2.20. The van der Waals surface area contributed by atoms with Gasteiger partial charge in [0.2, 0.25) is 5.95 Å². The first kappa shape index (κ1) is 25.6. The van der Waals surface area contributed by atoms with E-state index in [0.717, 1.165) is 33.5 Å². The van der Waals surface area contributed by atoms with Crippen LogP contribution in [-0.4, -0.2) is 19.5 Å². The Labute approximate surface area is 227 Å². The van der Waals surface area contributed by atoms with Gasteiger partial charge < -0.3 is 11.1 Å². The molecule has 2 aromatic carbocycles. The quantitative estimate of drug-likeness (QED) is 0.237. The zero-order valence-corrected chi connectivity index (χ0v) is 22.2. The topological polar surface area (TPSA) is 98.7 Å². The molecule has 0 aliphatic heterocycles. The predicted molar refractivity (Wildman–Crippen MR) is 161 cm³/mol. The van der Waals surface area contributed by atoms with Gasteiger partial charge in [-0.15, -0.1) is 0 Å². The Balaban J connectivity index is 1.75. The Morgan fingerprint density at radius 1 is 1.08 bits per heavy atom. The largest absolute Gasteiger partial charge is 0.368 e. The molecular weight excluding hydrogens is 484 g/mol. The van der Waals surface area contributed by atoms with Crippen LogP contribution in [0.4, 0.5) is 11.8 Å². The first-order chi connectivity index (χ1) is 18.9. The van der Waals surface area contributed by atoms with Gasteiger partial charge in [0.25, 0.3) is 5.56 Å². The molecule has 7 heteroatoms. The van der Waals surface area contributed by atoms with Crippen LogP contribution < -0.4 is 16.6 Å². The minimum atomic E-state index is -0.327. The minimum Gasteiger partial charge on any atom is -0.368 e. The van der Waals surface area contributed by atoms with Crippen LogP contribution in [0.1, 0.15) is 38.1 Å². The van der Waals surface area contributed by atoms with Gasteiger partial charge in [-0.3, -0.25) is 14.3 Å². The van der Waals surface area contributed by atoms with Gasteiger partial charge in [0.1, 0.15) is 5.52 Å². The Morgan fingerprint density at radius 3 is 2.62 bits per heavy atom. The second kappa shape index (κ2) is 10.8. The average Bonchev–Trinajstić information content (AvgIpc) is 2.92. The molecule has 3 N–H and O–H groups in total. The Hall–Kier alpha value is -5.04. The van der Waals surface area contributed by atoms with E-state index in [0.29, 0.717) is 22.2 Å². The molecule has 0 spiro atoms. The van der Waals surface area contributed by atoms with Crippen LogP contribution in [0, 0.1) is 0 Å². The average molecular weight is 515 g/mol. The summed E-state index contributed by atoms with van der Waals surface area (Å²) in [4.78, 5) is 27.6. The van der Waals surface area contributed by atoms with E-state index < -0.39 is 0 Å². The number of para-hydroxylation sites is 1. The SMILES string of the molecule is C=C(C)/C=C(\C=C/C)c1cccc2cc([C@H](C)Nc3nc(N)nc4cccnc34)n(-c3ccccc3)c(=O)c12. The maximum Gasteiger partial charge on any atom is 0.263 e. The molecule has 0 unspecified atom stereocenters. The number of aromatic nitrogens is 4. The molecule has 7 nitrogen and oxygen atoms in total. The third kappa shape index (κ3) is 5.07. The molecule has 39 heavy (non-hydrogen) atoms. The van der Waals surface area contributed by atoms with Crippen molar-refractivity contribution in [2.75, 3.05) is 11.1 Å². The fourth-order valence-corrected chi connectivity index (χ4v) is 4.81. The maximum atomic E-state index is 14.4. The number of nitrogens with two attached hydrogens (primary N) is 1. The molecule has 3 aromatic heterocycles. The Kier molecular flexibility index (Phi) is 7.06. The number of allylic oxidation sites excluding steroid dienone is 5. The van der Waals surface area contributed by atoms with Gasteiger partial charge >= 0.3 is 0 Å². The van der Waals surface area contributed by atoms with E-state index in [1.807, 2.05) is 93.6 Å². The van der Waals surface area contributed by atoms with E-state index in [1.165, 1.54) is 0 Å². The second-order valence-corrected chi connectivity index (χ2v) is 9.43. The van der Waals surface area contributed by atoms with E-state index in [4.69, 9.17) is 5.73 Å². The zero-order valence-electron chi connectivity index (χ0n) is 22.2. The van der Waals surface area contributed by atoms with Crippen LogP contribution in [0.5, 0.6) is 0 Å². The smallest absolute Gasteiger partial charge is 0.263 e. The fraction of sp³-hybridized carbons (Fsp3) is 0.125. The number of anilines is 2. The summed E-state index contributed by atoms with van der Waals surface area (Å²) in [7, 11) is 0.